The molecule has 33 heavy (non-hydrogen) atoms. The van der Waals surface area contributed by atoms with Crippen LogP contribution in [0.25, 0.3) is 0 Å². The highest BCUT2D eigenvalue weighted by Gasteiger charge is 2.39. The Labute approximate surface area is 192 Å². The van der Waals surface area contributed by atoms with E-state index < -0.39 is 23.7 Å². The zero-order valence-electron chi connectivity index (χ0n) is 19.0. The van der Waals surface area contributed by atoms with Crippen LogP contribution in [0.3, 0.4) is 0 Å². The summed E-state index contributed by atoms with van der Waals surface area (Å²) in [6.07, 6.45) is 0. The normalized spacial score (nSPS) is 18.1. The molecule has 7 heteroatoms. The van der Waals surface area contributed by atoms with Crippen LogP contribution in [0.15, 0.2) is 71.1 Å². The quantitative estimate of drug-likeness (QED) is 0.676. The van der Waals surface area contributed by atoms with E-state index in [1.54, 1.807) is 32.0 Å². The minimum atomic E-state index is -0.927. The van der Waals surface area contributed by atoms with Gasteiger partial charge in [0.25, 0.3) is 0 Å². The predicted octanol–water partition coefficient (Wildman–Crippen LogP) is 3.79. The molecule has 4 rings (SSSR count). The maximum absolute atomic E-state index is 14.8. The number of esters is 2. The fraction of sp³-hybridized carbons (Fsp3) is 0.308. The SMILES string of the molecule is COC(=O)C1=C(C)NC(C)=C(C(=O)OCCN2Cc3ccccc3C2)C1c1ccccc1F. The largest absolute Gasteiger partial charge is 0.466 e. The van der Waals surface area contributed by atoms with E-state index in [1.807, 2.05) is 12.1 Å². The zero-order valence-corrected chi connectivity index (χ0v) is 19.0. The minimum absolute atomic E-state index is 0.184. The number of rotatable bonds is 6. The van der Waals surface area contributed by atoms with Gasteiger partial charge in [-0.25, -0.2) is 14.0 Å². The Hall–Kier alpha value is -3.45. The Kier molecular flexibility index (Phi) is 6.60. The van der Waals surface area contributed by atoms with Crippen molar-refractivity contribution in [2.45, 2.75) is 32.9 Å². The summed E-state index contributed by atoms with van der Waals surface area (Å²) in [6, 6.07) is 14.4. The molecule has 0 aliphatic carbocycles. The van der Waals surface area contributed by atoms with Crippen molar-refractivity contribution in [1.82, 2.24) is 10.2 Å². The molecule has 0 bridgehead atoms. The predicted molar refractivity (Wildman–Crippen MR) is 121 cm³/mol. The molecular formula is C26H27FN2O4. The van der Waals surface area contributed by atoms with Gasteiger partial charge in [-0.05, 0) is 31.0 Å². The molecule has 1 atom stereocenters. The van der Waals surface area contributed by atoms with Crippen molar-refractivity contribution in [3.63, 3.8) is 0 Å². The van der Waals surface area contributed by atoms with Gasteiger partial charge in [-0.2, -0.15) is 0 Å². The van der Waals surface area contributed by atoms with E-state index in [2.05, 4.69) is 22.3 Å². The number of carbonyl (C=O) groups is 2. The first kappa shape index (κ1) is 22.7. The first-order valence-electron chi connectivity index (χ1n) is 10.9. The number of hydrogen-bond acceptors (Lipinski definition) is 6. The molecule has 2 aliphatic rings. The summed E-state index contributed by atoms with van der Waals surface area (Å²) in [4.78, 5) is 28.0. The lowest BCUT2D eigenvalue weighted by Gasteiger charge is -2.30. The Bertz CT molecular complexity index is 1130. The smallest absolute Gasteiger partial charge is 0.336 e. The number of halogens is 1. The van der Waals surface area contributed by atoms with Crippen molar-refractivity contribution in [3.8, 4) is 0 Å². The van der Waals surface area contributed by atoms with E-state index in [1.165, 1.54) is 24.3 Å². The van der Waals surface area contributed by atoms with Crippen LogP contribution in [-0.2, 0) is 32.2 Å². The van der Waals surface area contributed by atoms with Gasteiger partial charge in [-0.3, -0.25) is 4.90 Å². The highest BCUT2D eigenvalue weighted by Crippen LogP contribution is 2.40. The lowest BCUT2D eigenvalue weighted by atomic mass is 9.80. The molecule has 0 amide bonds. The van der Waals surface area contributed by atoms with Gasteiger partial charge >= 0.3 is 11.9 Å². The van der Waals surface area contributed by atoms with Crippen LogP contribution >= 0.6 is 0 Å². The molecule has 0 saturated carbocycles. The molecule has 0 saturated heterocycles. The van der Waals surface area contributed by atoms with Gasteiger partial charge in [0, 0.05) is 36.6 Å². The van der Waals surface area contributed by atoms with Gasteiger partial charge in [-0.15, -0.1) is 0 Å². The summed E-state index contributed by atoms with van der Waals surface area (Å²) < 4.78 is 25.4. The first-order valence-corrected chi connectivity index (χ1v) is 10.9. The third kappa shape index (κ3) is 4.54. The fourth-order valence-electron chi connectivity index (χ4n) is 4.57. The van der Waals surface area contributed by atoms with E-state index >= 15 is 0 Å². The van der Waals surface area contributed by atoms with E-state index in [-0.39, 0.29) is 23.3 Å². The maximum atomic E-state index is 14.8. The maximum Gasteiger partial charge on any atom is 0.336 e. The van der Waals surface area contributed by atoms with Crippen LogP contribution in [0.4, 0.5) is 4.39 Å². The summed E-state index contributed by atoms with van der Waals surface area (Å²) >= 11 is 0. The molecule has 2 aromatic rings. The highest BCUT2D eigenvalue weighted by atomic mass is 19.1. The summed E-state index contributed by atoms with van der Waals surface area (Å²) in [5.74, 6) is -2.64. The number of dihydropyridines is 1. The molecular weight excluding hydrogens is 423 g/mol. The van der Waals surface area contributed by atoms with Crippen LogP contribution < -0.4 is 5.32 Å². The standard InChI is InChI=1S/C26H27FN2O4/c1-16-22(25(30)32-3)24(20-10-6-7-11-21(20)27)23(17(2)28-16)26(31)33-13-12-29-14-18-8-4-5-9-19(18)15-29/h4-11,24,28H,12-15H2,1-3H3. The number of carbonyl (C=O) groups excluding carboxylic acids is 2. The Balaban J connectivity index is 1.54. The number of nitrogens with zero attached hydrogens (tertiary/aromatic N) is 1. The van der Waals surface area contributed by atoms with E-state index in [9.17, 15) is 14.0 Å². The molecule has 1 unspecified atom stereocenters. The number of hydrogen-bond donors (Lipinski definition) is 1. The number of nitrogens with one attached hydrogen (secondary N) is 1. The van der Waals surface area contributed by atoms with Crippen molar-refractivity contribution < 1.29 is 23.5 Å². The van der Waals surface area contributed by atoms with E-state index in [0.29, 0.717) is 17.9 Å². The number of allylic oxidation sites excluding steroid dienone is 2. The molecule has 2 heterocycles. The Morgan fingerprint density at radius 3 is 2.15 bits per heavy atom. The van der Waals surface area contributed by atoms with Gasteiger partial charge in [0.1, 0.15) is 12.4 Å². The topological polar surface area (TPSA) is 67.9 Å². The van der Waals surface area contributed by atoms with Crippen LogP contribution in [-0.4, -0.2) is 37.1 Å². The number of methoxy groups -OCH3 is 1. The number of fused-ring (bicyclic) bond motifs is 1. The van der Waals surface area contributed by atoms with Crippen molar-refractivity contribution in [3.05, 3.63) is 93.6 Å². The zero-order chi connectivity index (χ0) is 23.5. The highest BCUT2D eigenvalue weighted by molar-refractivity contribution is 5.99. The fourth-order valence-corrected chi connectivity index (χ4v) is 4.57. The number of benzene rings is 2. The molecule has 1 N–H and O–H groups in total. The van der Waals surface area contributed by atoms with Crippen LogP contribution in [0.1, 0.15) is 36.5 Å². The summed E-state index contributed by atoms with van der Waals surface area (Å²) in [6.45, 7) is 5.80. The second kappa shape index (κ2) is 9.58. The van der Waals surface area contributed by atoms with Crippen molar-refractivity contribution in [2.24, 2.45) is 0 Å². The van der Waals surface area contributed by atoms with Gasteiger partial charge in [0.05, 0.1) is 24.2 Å². The molecule has 2 aliphatic heterocycles. The van der Waals surface area contributed by atoms with Gasteiger partial charge < -0.3 is 14.8 Å². The van der Waals surface area contributed by atoms with Crippen LogP contribution in [0.2, 0.25) is 0 Å². The van der Waals surface area contributed by atoms with Crippen molar-refractivity contribution in [2.75, 3.05) is 20.3 Å². The Morgan fingerprint density at radius 1 is 0.970 bits per heavy atom. The first-order chi connectivity index (χ1) is 15.9. The summed E-state index contributed by atoms with van der Waals surface area (Å²) in [5, 5.41) is 3.06. The second-order valence-corrected chi connectivity index (χ2v) is 8.26. The molecule has 6 nitrogen and oxygen atoms in total. The minimum Gasteiger partial charge on any atom is -0.466 e. The number of ether oxygens (including phenoxy) is 2. The lowest BCUT2D eigenvalue weighted by Crippen LogP contribution is -2.33. The van der Waals surface area contributed by atoms with Crippen molar-refractivity contribution in [1.29, 1.82) is 0 Å². The third-order valence-electron chi connectivity index (χ3n) is 6.15. The average Bonchev–Trinajstić information content (AvgIpc) is 3.21. The molecule has 0 fully saturated rings. The second-order valence-electron chi connectivity index (χ2n) is 8.26. The van der Waals surface area contributed by atoms with Gasteiger partial charge in [0.2, 0.25) is 0 Å². The molecule has 0 aromatic heterocycles. The van der Waals surface area contributed by atoms with Gasteiger partial charge in [-0.1, -0.05) is 42.5 Å². The van der Waals surface area contributed by atoms with E-state index in [4.69, 9.17) is 9.47 Å². The molecule has 0 radical (unpaired) electrons. The molecule has 0 spiro atoms. The molecule has 2 aromatic carbocycles. The average molecular weight is 451 g/mol. The van der Waals surface area contributed by atoms with Crippen LogP contribution in [0, 0.1) is 5.82 Å². The third-order valence-corrected chi connectivity index (χ3v) is 6.15. The summed E-state index contributed by atoms with van der Waals surface area (Å²) in [7, 11) is 1.26. The van der Waals surface area contributed by atoms with Gasteiger partial charge in [0.15, 0.2) is 0 Å². The molecule has 172 valence electrons. The summed E-state index contributed by atoms with van der Waals surface area (Å²) in [5.41, 5.74) is 4.21. The Morgan fingerprint density at radius 2 is 1.55 bits per heavy atom. The van der Waals surface area contributed by atoms with Crippen LogP contribution in [0.5, 0.6) is 0 Å². The van der Waals surface area contributed by atoms with Crippen molar-refractivity contribution >= 4 is 11.9 Å². The monoisotopic (exact) mass is 450 g/mol. The van der Waals surface area contributed by atoms with E-state index in [0.717, 1.165) is 13.1 Å². The lowest BCUT2D eigenvalue weighted by molar-refractivity contribution is -0.140.